The summed E-state index contributed by atoms with van der Waals surface area (Å²) < 4.78 is 0. The van der Waals surface area contributed by atoms with Gasteiger partial charge >= 0.3 is 0 Å². The van der Waals surface area contributed by atoms with Gasteiger partial charge in [-0.3, -0.25) is 4.79 Å². The van der Waals surface area contributed by atoms with Crippen LogP contribution in [0, 0.1) is 5.92 Å². The molecule has 0 spiro atoms. The third kappa shape index (κ3) is 2.99. The van der Waals surface area contributed by atoms with E-state index in [1.165, 1.54) is 12.8 Å². The smallest absolute Gasteiger partial charge is 0.226 e. The van der Waals surface area contributed by atoms with Gasteiger partial charge in [-0.25, -0.2) is 0 Å². The summed E-state index contributed by atoms with van der Waals surface area (Å²) in [6, 6.07) is 0. The molecule has 0 aromatic heterocycles. The van der Waals surface area contributed by atoms with Crippen LogP contribution in [-0.2, 0) is 4.79 Å². The topological polar surface area (TPSA) is 46.3 Å². The van der Waals surface area contributed by atoms with Crippen LogP contribution < -0.4 is 5.73 Å². The number of amides is 1. The zero-order valence-corrected chi connectivity index (χ0v) is 8.46. The molecule has 1 aliphatic heterocycles. The number of carbonyl (C=O) groups is 1. The van der Waals surface area contributed by atoms with Gasteiger partial charge in [0.15, 0.2) is 0 Å². The summed E-state index contributed by atoms with van der Waals surface area (Å²) in [5.41, 5.74) is 5.47. The van der Waals surface area contributed by atoms with Crippen LogP contribution in [-0.4, -0.2) is 30.4 Å². The van der Waals surface area contributed by atoms with Crippen LogP contribution in [0.15, 0.2) is 0 Å². The van der Waals surface area contributed by atoms with E-state index in [9.17, 15) is 4.79 Å². The quantitative estimate of drug-likeness (QED) is 0.695. The minimum absolute atomic E-state index is 0.00176. The van der Waals surface area contributed by atoms with Gasteiger partial charge < -0.3 is 10.6 Å². The number of likely N-dealkylation sites (tertiary alicyclic amines) is 1. The lowest BCUT2D eigenvalue weighted by Crippen LogP contribution is -2.38. The minimum atomic E-state index is -0.00176. The lowest BCUT2D eigenvalue weighted by atomic mass is 10.1. The van der Waals surface area contributed by atoms with E-state index in [0.717, 1.165) is 25.9 Å². The molecule has 3 nitrogen and oxygen atoms in total. The highest BCUT2D eigenvalue weighted by molar-refractivity contribution is 5.78. The predicted octanol–water partition coefficient (Wildman–Crippen LogP) is 0.984. The summed E-state index contributed by atoms with van der Waals surface area (Å²) in [6.45, 7) is 4.24. The third-order valence-corrected chi connectivity index (χ3v) is 2.69. The molecule has 1 atom stereocenters. The van der Waals surface area contributed by atoms with Crippen molar-refractivity contribution in [3.05, 3.63) is 0 Å². The number of nitrogens with two attached hydrogens (primary N) is 1. The lowest BCUT2D eigenvalue weighted by molar-refractivity contribution is -0.134. The van der Waals surface area contributed by atoms with Crippen molar-refractivity contribution in [3.63, 3.8) is 0 Å². The van der Waals surface area contributed by atoms with E-state index in [4.69, 9.17) is 5.73 Å². The van der Waals surface area contributed by atoms with Gasteiger partial charge in [0.25, 0.3) is 0 Å². The van der Waals surface area contributed by atoms with Crippen molar-refractivity contribution in [3.8, 4) is 0 Å². The Hall–Kier alpha value is -0.570. The zero-order chi connectivity index (χ0) is 9.68. The molecule has 76 valence electrons. The molecule has 0 aromatic rings. The molecular formula is C10H20N2O. The van der Waals surface area contributed by atoms with Crippen LogP contribution in [0.4, 0.5) is 0 Å². The summed E-state index contributed by atoms with van der Waals surface area (Å²) in [7, 11) is 0. The second kappa shape index (κ2) is 5.22. The van der Waals surface area contributed by atoms with Gasteiger partial charge in [-0.05, 0) is 12.8 Å². The molecule has 3 heteroatoms. The molecule has 1 heterocycles. The van der Waals surface area contributed by atoms with Crippen molar-refractivity contribution < 1.29 is 4.79 Å². The number of hydrogen-bond donors (Lipinski definition) is 1. The van der Waals surface area contributed by atoms with E-state index in [1.807, 2.05) is 11.8 Å². The van der Waals surface area contributed by atoms with Crippen LogP contribution in [0.3, 0.4) is 0 Å². The lowest BCUT2D eigenvalue weighted by Gasteiger charge is -2.23. The Bertz CT molecular complexity index is 162. The summed E-state index contributed by atoms with van der Waals surface area (Å²) >= 11 is 0. The van der Waals surface area contributed by atoms with Gasteiger partial charge in [0, 0.05) is 25.6 Å². The SMILES string of the molecule is CC(CN)C(=O)N1CCCCCC1. The first-order chi connectivity index (χ1) is 6.25. The molecule has 1 rings (SSSR count). The van der Waals surface area contributed by atoms with E-state index in [1.54, 1.807) is 0 Å². The van der Waals surface area contributed by atoms with Gasteiger partial charge in [0.1, 0.15) is 0 Å². The normalized spacial score (nSPS) is 20.9. The molecule has 1 unspecified atom stereocenters. The van der Waals surface area contributed by atoms with Crippen LogP contribution in [0.2, 0.25) is 0 Å². The van der Waals surface area contributed by atoms with E-state index < -0.39 is 0 Å². The Labute approximate surface area is 80.3 Å². The van der Waals surface area contributed by atoms with E-state index in [0.29, 0.717) is 6.54 Å². The number of carbonyl (C=O) groups excluding carboxylic acids is 1. The Morgan fingerprint density at radius 3 is 2.31 bits per heavy atom. The van der Waals surface area contributed by atoms with Crippen molar-refractivity contribution in [1.29, 1.82) is 0 Å². The van der Waals surface area contributed by atoms with Crippen molar-refractivity contribution in [1.82, 2.24) is 4.90 Å². The highest BCUT2D eigenvalue weighted by Crippen LogP contribution is 2.12. The Morgan fingerprint density at radius 2 is 1.85 bits per heavy atom. The Morgan fingerprint density at radius 1 is 1.31 bits per heavy atom. The monoisotopic (exact) mass is 184 g/mol. The highest BCUT2D eigenvalue weighted by atomic mass is 16.2. The standard InChI is InChI=1S/C10H20N2O/c1-9(8-11)10(13)12-6-4-2-3-5-7-12/h9H,2-8,11H2,1H3. The minimum Gasteiger partial charge on any atom is -0.342 e. The third-order valence-electron chi connectivity index (χ3n) is 2.69. The molecule has 0 aromatic carbocycles. The summed E-state index contributed by atoms with van der Waals surface area (Å²) in [5, 5.41) is 0. The van der Waals surface area contributed by atoms with Gasteiger partial charge in [-0.15, -0.1) is 0 Å². The first-order valence-corrected chi connectivity index (χ1v) is 5.24. The fourth-order valence-corrected chi connectivity index (χ4v) is 1.70. The van der Waals surface area contributed by atoms with Crippen molar-refractivity contribution in [2.45, 2.75) is 32.6 Å². The van der Waals surface area contributed by atoms with Crippen LogP contribution in [0.5, 0.6) is 0 Å². The maximum atomic E-state index is 11.7. The summed E-state index contributed by atoms with van der Waals surface area (Å²) in [4.78, 5) is 13.7. The Kier molecular flexibility index (Phi) is 4.22. The number of hydrogen-bond acceptors (Lipinski definition) is 2. The summed E-state index contributed by atoms with van der Waals surface area (Å²) in [5.74, 6) is 0.238. The molecule has 13 heavy (non-hydrogen) atoms. The molecular weight excluding hydrogens is 164 g/mol. The molecule has 1 saturated heterocycles. The molecule has 0 radical (unpaired) electrons. The maximum Gasteiger partial charge on any atom is 0.226 e. The van der Waals surface area contributed by atoms with Gasteiger partial charge in [0.05, 0.1) is 0 Å². The average Bonchev–Trinajstić information content (AvgIpc) is 2.43. The first-order valence-electron chi connectivity index (χ1n) is 5.24. The first kappa shape index (κ1) is 10.5. The molecule has 0 saturated carbocycles. The van der Waals surface area contributed by atoms with Crippen LogP contribution in [0.1, 0.15) is 32.6 Å². The predicted molar refractivity (Wildman–Crippen MR) is 53.3 cm³/mol. The fourth-order valence-electron chi connectivity index (χ4n) is 1.70. The van der Waals surface area contributed by atoms with E-state index >= 15 is 0 Å². The molecule has 0 aliphatic carbocycles. The number of nitrogens with zero attached hydrogens (tertiary/aromatic N) is 1. The van der Waals surface area contributed by atoms with Crippen molar-refractivity contribution in [2.24, 2.45) is 11.7 Å². The molecule has 0 bridgehead atoms. The molecule has 1 fully saturated rings. The van der Waals surface area contributed by atoms with E-state index in [-0.39, 0.29) is 11.8 Å². The summed E-state index contributed by atoms with van der Waals surface area (Å²) in [6.07, 6.45) is 4.84. The van der Waals surface area contributed by atoms with Gasteiger partial charge in [-0.2, -0.15) is 0 Å². The second-order valence-electron chi connectivity index (χ2n) is 3.88. The number of rotatable bonds is 2. The van der Waals surface area contributed by atoms with Crippen LogP contribution in [0.25, 0.3) is 0 Å². The van der Waals surface area contributed by atoms with Crippen molar-refractivity contribution >= 4 is 5.91 Å². The molecule has 2 N–H and O–H groups in total. The van der Waals surface area contributed by atoms with E-state index in [2.05, 4.69) is 0 Å². The fraction of sp³-hybridized carbons (Fsp3) is 0.900. The van der Waals surface area contributed by atoms with Gasteiger partial charge in [-0.1, -0.05) is 19.8 Å². The molecule has 1 amide bonds. The Balaban J connectivity index is 2.43. The van der Waals surface area contributed by atoms with Gasteiger partial charge in [0.2, 0.25) is 5.91 Å². The zero-order valence-electron chi connectivity index (χ0n) is 8.46. The maximum absolute atomic E-state index is 11.7. The largest absolute Gasteiger partial charge is 0.342 e. The van der Waals surface area contributed by atoms with Crippen LogP contribution >= 0.6 is 0 Å². The highest BCUT2D eigenvalue weighted by Gasteiger charge is 2.19. The second-order valence-corrected chi connectivity index (χ2v) is 3.88. The average molecular weight is 184 g/mol. The van der Waals surface area contributed by atoms with Crippen molar-refractivity contribution in [2.75, 3.05) is 19.6 Å². The molecule has 1 aliphatic rings.